The maximum absolute atomic E-state index is 9.34. The Labute approximate surface area is 81.2 Å². The van der Waals surface area contributed by atoms with E-state index in [2.05, 4.69) is 0 Å². The van der Waals surface area contributed by atoms with Gasteiger partial charge in [0.25, 0.3) is 0 Å². The highest BCUT2D eigenvalue weighted by Crippen LogP contribution is 2.22. The van der Waals surface area contributed by atoms with Crippen LogP contribution in [0, 0.1) is 0 Å². The van der Waals surface area contributed by atoms with Crippen molar-refractivity contribution in [3.63, 3.8) is 0 Å². The zero-order valence-corrected chi connectivity index (χ0v) is 7.81. The van der Waals surface area contributed by atoms with E-state index in [-0.39, 0.29) is 5.75 Å². The largest absolute Gasteiger partial charge is 0.507 e. The minimum atomic E-state index is 0.170. The van der Waals surface area contributed by atoms with E-state index in [9.17, 15) is 5.11 Å². The van der Waals surface area contributed by atoms with Crippen molar-refractivity contribution < 1.29 is 5.11 Å². The summed E-state index contributed by atoms with van der Waals surface area (Å²) in [4.78, 5) is 0. The molecule has 12 heavy (non-hydrogen) atoms. The number of benzene rings is 1. The predicted molar refractivity (Wildman–Crippen MR) is 52.9 cm³/mol. The lowest BCUT2D eigenvalue weighted by atomic mass is 10.2. The van der Waals surface area contributed by atoms with Gasteiger partial charge in [0, 0.05) is 16.5 Å². The highest BCUT2D eigenvalue weighted by atomic mass is 35.5. The maximum atomic E-state index is 9.34. The summed E-state index contributed by atoms with van der Waals surface area (Å²) in [5, 5.41) is 9.86. The summed E-state index contributed by atoms with van der Waals surface area (Å²) < 4.78 is 0. The van der Waals surface area contributed by atoms with E-state index in [1.165, 1.54) is 6.07 Å². The summed E-state index contributed by atoms with van der Waals surface area (Å²) in [7, 11) is 0. The van der Waals surface area contributed by atoms with Gasteiger partial charge in [0.2, 0.25) is 0 Å². The van der Waals surface area contributed by atoms with Crippen LogP contribution in [-0.4, -0.2) is 11.0 Å². The van der Waals surface area contributed by atoms with Gasteiger partial charge in [0.15, 0.2) is 0 Å². The van der Waals surface area contributed by atoms with Crippen LogP contribution in [0.4, 0.5) is 0 Å². The van der Waals surface area contributed by atoms with Crippen LogP contribution in [0.2, 0.25) is 5.02 Å². The summed E-state index contributed by atoms with van der Waals surface area (Å²) in [6.45, 7) is 0. The van der Waals surface area contributed by atoms with E-state index in [1.807, 2.05) is 0 Å². The maximum Gasteiger partial charge on any atom is 0.124 e. The molecule has 1 aromatic carbocycles. The number of aromatic hydroxyl groups is 1. The highest BCUT2D eigenvalue weighted by molar-refractivity contribution is 6.30. The van der Waals surface area contributed by atoms with Gasteiger partial charge < -0.3 is 5.11 Å². The normalized spacial score (nSPS) is 10.8. The fourth-order valence-corrected chi connectivity index (χ4v) is 1.08. The summed E-state index contributed by atoms with van der Waals surface area (Å²) in [5.74, 6) is 0.603. The van der Waals surface area contributed by atoms with Crippen LogP contribution in [0.1, 0.15) is 5.56 Å². The Morgan fingerprint density at radius 2 is 2.17 bits per heavy atom. The van der Waals surface area contributed by atoms with Crippen molar-refractivity contribution in [2.75, 3.05) is 5.88 Å². The Bertz CT molecular complexity index is 295. The SMILES string of the molecule is Oc1cc(Cl)ccc1C=CCCl. The average Bonchev–Trinajstić information content (AvgIpc) is 2.03. The van der Waals surface area contributed by atoms with Crippen LogP contribution in [0.15, 0.2) is 24.3 Å². The Kier molecular flexibility index (Phi) is 3.45. The van der Waals surface area contributed by atoms with Gasteiger partial charge in [-0.25, -0.2) is 0 Å². The van der Waals surface area contributed by atoms with Crippen LogP contribution in [0.3, 0.4) is 0 Å². The van der Waals surface area contributed by atoms with Crippen molar-refractivity contribution in [1.29, 1.82) is 0 Å². The first-order chi connectivity index (χ1) is 5.74. The first kappa shape index (κ1) is 9.43. The number of rotatable bonds is 2. The number of alkyl halides is 1. The molecule has 0 saturated carbocycles. The second-order valence-corrected chi connectivity index (χ2v) is 3.00. The average molecular weight is 203 g/mol. The standard InChI is InChI=1S/C9H8Cl2O/c10-5-1-2-7-3-4-8(11)6-9(7)12/h1-4,6,12H,5H2. The van der Waals surface area contributed by atoms with E-state index < -0.39 is 0 Å². The molecular formula is C9H8Cl2O. The third-order valence-electron chi connectivity index (χ3n) is 1.38. The molecule has 3 heteroatoms. The second kappa shape index (κ2) is 4.39. The topological polar surface area (TPSA) is 20.2 Å². The minimum Gasteiger partial charge on any atom is -0.507 e. The van der Waals surface area contributed by atoms with Gasteiger partial charge >= 0.3 is 0 Å². The van der Waals surface area contributed by atoms with E-state index in [0.717, 1.165) is 5.56 Å². The van der Waals surface area contributed by atoms with Crippen molar-refractivity contribution in [3.05, 3.63) is 34.9 Å². The Balaban J connectivity index is 2.94. The van der Waals surface area contributed by atoms with Crippen molar-refractivity contribution in [2.45, 2.75) is 0 Å². The highest BCUT2D eigenvalue weighted by Gasteiger charge is 1.96. The smallest absolute Gasteiger partial charge is 0.124 e. The van der Waals surface area contributed by atoms with Gasteiger partial charge in [0.1, 0.15) is 5.75 Å². The molecule has 0 radical (unpaired) electrons. The van der Waals surface area contributed by atoms with E-state index in [0.29, 0.717) is 10.9 Å². The van der Waals surface area contributed by atoms with Crippen molar-refractivity contribution in [3.8, 4) is 5.75 Å². The van der Waals surface area contributed by atoms with Gasteiger partial charge in [-0.05, 0) is 18.2 Å². The molecule has 0 heterocycles. The van der Waals surface area contributed by atoms with Crippen molar-refractivity contribution >= 4 is 29.3 Å². The number of phenols is 1. The first-order valence-electron chi connectivity index (χ1n) is 3.45. The molecule has 1 N–H and O–H groups in total. The number of allylic oxidation sites excluding steroid dienone is 1. The molecular weight excluding hydrogens is 195 g/mol. The fraction of sp³-hybridized carbons (Fsp3) is 0.111. The zero-order valence-electron chi connectivity index (χ0n) is 6.30. The number of hydrogen-bond acceptors (Lipinski definition) is 1. The third-order valence-corrected chi connectivity index (χ3v) is 1.79. The number of phenolic OH excluding ortho intramolecular Hbond substituents is 1. The molecule has 1 nitrogen and oxygen atoms in total. The minimum absolute atomic E-state index is 0.170. The predicted octanol–water partition coefficient (Wildman–Crippen LogP) is 3.30. The Morgan fingerprint density at radius 3 is 2.75 bits per heavy atom. The molecule has 0 spiro atoms. The lowest BCUT2D eigenvalue weighted by Gasteiger charge is -1.98. The molecule has 0 atom stereocenters. The van der Waals surface area contributed by atoms with E-state index in [1.54, 1.807) is 24.3 Å². The fourth-order valence-electron chi connectivity index (χ4n) is 0.829. The van der Waals surface area contributed by atoms with Gasteiger partial charge in [0.05, 0.1) is 0 Å². The third kappa shape index (κ3) is 2.43. The molecule has 0 aliphatic rings. The molecule has 0 aliphatic carbocycles. The monoisotopic (exact) mass is 202 g/mol. The summed E-state index contributed by atoms with van der Waals surface area (Å²) in [5.41, 5.74) is 0.722. The van der Waals surface area contributed by atoms with Crippen LogP contribution >= 0.6 is 23.2 Å². The van der Waals surface area contributed by atoms with Crippen molar-refractivity contribution in [1.82, 2.24) is 0 Å². The van der Waals surface area contributed by atoms with E-state index >= 15 is 0 Å². The molecule has 64 valence electrons. The van der Waals surface area contributed by atoms with Crippen molar-refractivity contribution in [2.24, 2.45) is 0 Å². The number of halogens is 2. The van der Waals surface area contributed by atoms with Gasteiger partial charge in [-0.2, -0.15) is 0 Å². The Morgan fingerprint density at radius 1 is 1.42 bits per heavy atom. The molecule has 0 aromatic heterocycles. The molecule has 1 rings (SSSR count). The van der Waals surface area contributed by atoms with Crippen LogP contribution in [0.5, 0.6) is 5.75 Å². The molecule has 0 unspecified atom stereocenters. The Hall–Kier alpha value is -0.660. The molecule has 0 aliphatic heterocycles. The molecule has 0 bridgehead atoms. The van der Waals surface area contributed by atoms with Gasteiger partial charge in [-0.1, -0.05) is 23.8 Å². The lowest BCUT2D eigenvalue weighted by molar-refractivity contribution is 0.474. The zero-order chi connectivity index (χ0) is 8.97. The molecule has 1 aromatic rings. The molecule has 0 fully saturated rings. The van der Waals surface area contributed by atoms with Crippen LogP contribution in [0.25, 0.3) is 6.08 Å². The molecule has 0 saturated heterocycles. The quantitative estimate of drug-likeness (QED) is 0.731. The summed E-state index contributed by atoms with van der Waals surface area (Å²) in [6, 6.07) is 4.95. The van der Waals surface area contributed by atoms with Crippen LogP contribution < -0.4 is 0 Å². The van der Waals surface area contributed by atoms with Gasteiger partial charge in [-0.15, -0.1) is 11.6 Å². The lowest BCUT2D eigenvalue weighted by Crippen LogP contribution is -1.74. The first-order valence-corrected chi connectivity index (χ1v) is 4.36. The number of hydrogen-bond donors (Lipinski definition) is 1. The van der Waals surface area contributed by atoms with Gasteiger partial charge in [-0.3, -0.25) is 0 Å². The van der Waals surface area contributed by atoms with Crippen LogP contribution in [-0.2, 0) is 0 Å². The summed E-state index contributed by atoms with van der Waals surface area (Å²) in [6.07, 6.45) is 3.50. The van der Waals surface area contributed by atoms with E-state index in [4.69, 9.17) is 23.2 Å². The molecule has 0 amide bonds. The second-order valence-electron chi connectivity index (χ2n) is 2.26. The summed E-state index contributed by atoms with van der Waals surface area (Å²) >= 11 is 11.1.